The van der Waals surface area contributed by atoms with Crippen LogP contribution in [0.25, 0.3) is 0 Å². The second-order valence-electron chi connectivity index (χ2n) is 5.32. The Morgan fingerprint density at radius 1 is 1.27 bits per heavy atom. The van der Waals surface area contributed by atoms with Crippen LogP contribution in [0.2, 0.25) is 10.0 Å². The molecule has 0 spiro atoms. The van der Waals surface area contributed by atoms with Gasteiger partial charge in [0.25, 0.3) is 0 Å². The van der Waals surface area contributed by atoms with Gasteiger partial charge in [-0.05, 0) is 43.3 Å². The number of benzene rings is 1. The highest BCUT2D eigenvalue weighted by Gasteiger charge is 2.14. The predicted octanol–water partition coefficient (Wildman–Crippen LogP) is 5.01. The Morgan fingerprint density at radius 2 is 2.12 bits per heavy atom. The zero-order chi connectivity index (χ0) is 18.5. The van der Waals surface area contributed by atoms with Crippen LogP contribution < -0.4 is 10.2 Å². The molecular formula is C18H15Cl2N3O3. The van der Waals surface area contributed by atoms with Crippen LogP contribution in [-0.4, -0.2) is 16.0 Å². The van der Waals surface area contributed by atoms with E-state index in [1.807, 2.05) is 19.1 Å². The van der Waals surface area contributed by atoms with Crippen LogP contribution in [0, 0.1) is 6.92 Å². The van der Waals surface area contributed by atoms with Crippen molar-refractivity contribution in [1.29, 1.82) is 0 Å². The van der Waals surface area contributed by atoms with E-state index in [4.69, 9.17) is 32.4 Å². The highest BCUT2D eigenvalue weighted by molar-refractivity contribution is 6.34. The van der Waals surface area contributed by atoms with Crippen LogP contribution in [-0.2, 0) is 6.54 Å². The van der Waals surface area contributed by atoms with Crippen molar-refractivity contribution in [3.8, 4) is 11.6 Å². The molecule has 3 aromatic rings. The van der Waals surface area contributed by atoms with Crippen molar-refractivity contribution in [3.05, 3.63) is 75.8 Å². The van der Waals surface area contributed by atoms with Gasteiger partial charge in [-0.3, -0.25) is 15.7 Å². The Bertz CT molecular complexity index is 941. The lowest BCUT2D eigenvalue weighted by Crippen LogP contribution is -2.21. The highest BCUT2D eigenvalue weighted by atomic mass is 35.5. The van der Waals surface area contributed by atoms with Gasteiger partial charge in [0.2, 0.25) is 5.88 Å². The van der Waals surface area contributed by atoms with Gasteiger partial charge in [0.15, 0.2) is 5.84 Å². The fraction of sp³-hybridized carbons (Fsp3) is 0.111. The van der Waals surface area contributed by atoms with Crippen molar-refractivity contribution in [2.24, 2.45) is 4.99 Å². The summed E-state index contributed by atoms with van der Waals surface area (Å²) in [6, 6.07) is 11.9. The second-order valence-corrected chi connectivity index (χ2v) is 6.17. The zero-order valence-corrected chi connectivity index (χ0v) is 15.3. The van der Waals surface area contributed by atoms with Crippen molar-refractivity contribution >= 4 is 29.0 Å². The van der Waals surface area contributed by atoms with Gasteiger partial charge < -0.3 is 9.15 Å². The van der Waals surface area contributed by atoms with Crippen molar-refractivity contribution < 1.29 is 14.4 Å². The summed E-state index contributed by atoms with van der Waals surface area (Å²) in [6.45, 7) is 2.09. The SMILES string of the molecule is Cc1ccc(CN=C(NO)c2cccnc2Oc2cc(Cl)ccc2Cl)o1. The number of pyridine rings is 1. The Kier molecular flexibility index (Phi) is 5.78. The fourth-order valence-electron chi connectivity index (χ4n) is 2.22. The number of nitrogens with one attached hydrogen (secondary N) is 1. The molecule has 0 atom stereocenters. The second kappa shape index (κ2) is 8.23. The van der Waals surface area contributed by atoms with Crippen LogP contribution in [0.3, 0.4) is 0 Å². The number of halogens is 2. The van der Waals surface area contributed by atoms with E-state index < -0.39 is 0 Å². The van der Waals surface area contributed by atoms with Crippen LogP contribution in [0.1, 0.15) is 17.1 Å². The monoisotopic (exact) mass is 391 g/mol. The van der Waals surface area contributed by atoms with E-state index >= 15 is 0 Å². The summed E-state index contributed by atoms with van der Waals surface area (Å²) in [5, 5.41) is 10.4. The molecule has 0 radical (unpaired) electrons. The maximum atomic E-state index is 9.51. The van der Waals surface area contributed by atoms with Gasteiger partial charge in [-0.15, -0.1) is 0 Å². The van der Waals surface area contributed by atoms with Crippen LogP contribution in [0.15, 0.2) is 58.1 Å². The van der Waals surface area contributed by atoms with Crippen molar-refractivity contribution in [1.82, 2.24) is 10.5 Å². The molecule has 0 bridgehead atoms. The first-order chi connectivity index (χ1) is 12.6. The Morgan fingerprint density at radius 3 is 2.85 bits per heavy atom. The van der Waals surface area contributed by atoms with E-state index in [1.54, 1.807) is 36.5 Å². The summed E-state index contributed by atoms with van der Waals surface area (Å²) in [5.74, 6) is 2.19. The Balaban J connectivity index is 1.90. The number of nitrogens with zero attached hydrogens (tertiary/aromatic N) is 2. The molecule has 134 valence electrons. The molecule has 2 aromatic heterocycles. The third kappa shape index (κ3) is 4.35. The van der Waals surface area contributed by atoms with Crippen LogP contribution >= 0.6 is 23.2 Å². The van der Waals surface area contributed by atoms with E-state index in [1.165, 1.54) is 0 Å². The molecule has 2 N–H and O–H groups in total. The van der Waals surface area contributed by atoms with E-state index in [-0.39, 0.29) is 18.3 Å². The average Bonchev–Trinajstić information content (AvgIpc) is 3.05. The molecule has 1 aromatic carbocycles. The van der Waals surface area contributed by atoms with Crippen molar-refractivity contribution in [3.63, 3.8) is 0 Å². The molecule has 0 amide bonds. The topological polar surface area (TPSA) is 79.9 Å². The molecule has 0 aliphatic heterocycles. The number of rotatable bonds is 5. The lowest BCUT2D eigenvalue weighted by Gasteiger charge is -2.12. The largest absolute Gasteiger partial charge is 0.464 e. The Labute approximate surface area is 160 Å². The number of hydrogen-bond acceptors (Lipinski definition) is 5. The summed E-state index contributed by atoms with van der Waals surface area (Å²) in [7, 11) is 0. The van der Waals surface area contributed by atoms with E-state index in [0.717, 1.165) is 5.76 Å². The van der Waals surface area contributed by atoms with Crippen molar-refractivity contribution in [2.45, 2.75) is 13.5 Å². The van der Waals surface area contributed by atoms with Gasteiger partial charge in [-0.1, -0.05) is 23.2 Å². The van der Waals surface area contributed by atoms with Crippen LogP contribution in [0.4, 0.5) is 0 Å². The summed E-state index contributed by atoms with van der Waals surface area (Å²) < 4.78 is 11.3. The number of aliphatic imine (C=N–C) groups is 1. The number of hydroxylamine groups is 1. The average molecular weight is 392 g/mol. The minimum atomic E-state index is 0.181. The standard InChI is InChI=1S/C18H15Cl2N3O3/c1-11-4-6-13(25-11)10-22-17(23-24)14-3-2-8-21-18(14)26-16-9-12(19)5-7-15(16)20/h2-9,24H,10H2,1H3,(H,22,23). The van der Waals surface area contributed by atoms with Gasteiger partial charge in [0.1, 0.15) is 17.3 Å². The van der Waals surface area contributed by atoms with Gasteiger partial charge in [-0.25, -0.2) is 4.98 Å². The van der Waals surface area contributed by atoms with Crippen molar-refractivity contribution in [2.75, 3.05) is 0 Å². The van der Waals surface area contributed by atoms with Gasteiger partial charge in [-0.2, -0.15) is 0 Å². The number of aryl methyl sites for hydroxylation is 1. The molecule has 0 saturated heterocycles. The molecule has 0 fully saturated rings. The maximum absolute atomic E-state index is 9.51. The number of hydrogen-bond donors (Lipinski definition) is 2. The summed E-state index contributed by atoms with van der Waals surface area (Å²) in [6.07, 6.45) is 1.56. The predicted molar refractivity (Wildman–Crippen MR) is 99.4 cm³/mol. The highest BCUT2D eigenvalue weighted by Crippen LogP contribution is 2.32. The molecular weight excluding hydrogens is 377 g/mol. The minimum Gasteiger partial charge on any atom is -0.464 e. The van der Waals surface area contributed by atoms with Gasteiger partial charge >= 0.3 is 0 Å². The molecule has 26 heavy (non-hydrogen) atoms. The third-order valence-electron chi connectivity index (χ3n) is 3.42. The summed E-state index contributed by atoms with van der Waals surface area (Å²) >= 11 is 12.1. The number of aromatic nitrogens is 1. The molecule has 0 unspecified atom stereocenters. The number of furan rings is 1. The van der Waals surface area contributed by atoms with Gasteiger partial charge in [0.05, 0.1) is 17.1 Å². The van der Waals surface area contributed by atoms with E-state index in [0.29, 0.717) is 27.1 Å². The van der Waals surface area contributed by atoms with E-state index in [2.05, 4.69) is 15.5 Å². The molecule has 3 rings (SSSR count). The van der Waals surface area contributed by atoms with E-state index in [9.17, 15) is 5.21 Å². The summed E-state index contributed by atoms with van der Waals surface area (Å²) in [4.78, 5) is 8.51. The minimum absolute atomic E-state index is 0.181. The molecule has 0 aliphatic rings. The third-order valence-corrected chi connectivity index (χ3v) is 3.97. The lowest BCUT2D eigenvalue weighted by atomic mass is 10.2. The maximum Gasteiger partial charge on any atom is 0.230 e. The first-order valence-corrected chi connectivity index (χ1v) is 8.40. The first-order valence-electron chi connectivity index (χ1n) is 7.65. The molecule has 8 heteroatoms. The van der Waals surface area contributed by atoms with Gasteiger partial charge in [0, 0.05) is 17.3 Å². The smallest absolute Gasteiger partial charge is 0.230 e. The number of amidine groups is 1. The fourth-order valence-corrected chi connectivity index (χ4v) is 2.54. The quantitative estimate of drug-likeness (QED) is 0.363. The zero-order valence-electron chi connectivity index (χ0n) is 13.7. The molecule has 6 nitrogen and oxygen atoms in total. The molecule has 0 aliphatic carbocycles. The lowest BCUT2D eigenvalue weighted by molar-refractivity contribution is 0.234. The van der Waals surface area contributed by atoms with Crippen LogP contribution in [0.5, 0.6) is 11.6 Å². The number of ether oxygens (including phenoxy) is 1. The first kappa shape index (κ1) is 18.3. The Hall–Kier alpha value is -2.54. The normalized spacial score (nSPS) is 11.5. The molecule has 0 saturated carbocycles. The molecule has 2 heterocycles. The summed E-state index contributed by atoms with van der Waals surface area (Å²) in [5.41, 5.74) is 2.53.